The highest BCUT2D eigenvalue weighted by Crippen LogP contribution is 2.18. The Morgan fingerprint density at radius 2 is 1.78 bits per heavy atom. The molecule has 2 rings (SSSR count). The van der Waals surface area contributed by atoms with Gasteiger partial charge in [-0.2, -0.15) is 0 Å². The van der Waals surface area contributed by atoms with Crippen molar-refractivity contribution in [1.29, 1.82) is 0 Å². The molecule has 0 radical (unpaired) electrons. The zero-order valence-corrected chi connectivity index (χ0v) is 13.9. The number of carbonyl (C=O) groups is 1. The minimum absolute atomic E-state index is 0.0435. The molecule has 4 heteroatoms. The molecule has 122 valence electrons. The molecule has 1 amide bonds. The zero-order chi connectivity index (χ0) is 16.7. The number of rotatable bonds is 7. The van der Waals surface area contributed by atoms with Crippen molar-refractivity contribution < 1.29 is 14.3 Å². The molecule has 0 aromatic heterocycles. The summed E-state index contributed by atoms with van der Waals surface area (Å²) < 4.78 is 10.9. The van der Waals surface area contributed by atoms with Gasteiger partial charge in [-0.1, -0.05) is 35.9 Å². The fourth-order valence-electron chi connectivity index (χ4n) is 2.21. The number of hydrogen-bond acceptors (Lipinski definition) is 3. The van der Waals surface area contributed by atoms with Crippen molar-refractivity contribution in [3.05, 3.63) is 59.7 Å². The Labute approximate surface area is 137 Å². The van der Waals surface area contributed by atoms with Crippen LogP contribution in [-0.2, 0) is 11.2 Å². The number of nitrogens with zero attached hydrogens (tertiary/aromatic N) is 1. The summed E-state index contributed by atoms with van der Waals surface area (Å²) in [7, 11) is 3.40. The van der Waals surface area contributed by atoms with Crippen molar-refractivity contribution in [3.8, 4) is 11.5 Å². The second kappa shape index (κ2) is 8.22. The van der Waals surface area contributed by atoms with E-state index in [1.807, 2.05) is 55.5 Å². The van der Waals surface area contributed by atoms with Gasteiger partial charge in [0.05, 0.1) is 20.1 Å². The zero-order valence-electron chi connectivity index (χ0n) is 13.9. The van der Waals surface area contributed by atoms with Crippen LogP contribution in [0.15, 0.2) is 48.5 Å². The SMILES string of the molecule is COc1ccccc1CC(=O)N(C)CCOc1ccc(C)cc1. The predicted molar refractivity (Wildman–Crippen MR) is 91.0 cm³/mol. The van der Waals surface area contributed by atoms with Gasteiger partial charge in [0.25, 0.3) is 0 Å². The summed E-state index contributed by atoms with van der Waals surface area (Å²) in [6, 6.07) is 15.5. The molecular weight excluding hydrogens is 290 g/mol. The number of amides is 1. The first kappa shape index (κ1) is 16.9. The van der Waals surface area contributed by atoms with E-state index >= 15 is 0 Å². The number of methoxy groups -OCH3 is 1. The largest absolute Gasteiger partial charge is 0.496 e. The Hall–Kier alpha value is -2.49. The number of hydrogen-bond donors (Lipinski definition) is 0. The van der Waals surface area contributed by atoms with Gasteiger partial charge in [-0.25, -0.2) is 0 Å². The monoisotopic (exact) mass is 313 g/mol. The van der Waals surface area contributed by atoms with Crippen LogP contribution in [0.5, 0.6) is 11.5 Å². The van der Waals surface area contributed by atoms with Crippen LogP contribution in [0.4, 0.5) is 0 Å². The Balaban J connectivity index is 1.81. The van der Waals surface area contributed by atoms with E-state index in [9.17, 15) is 4.79 Å². The molecule has 0 aliphatic heterocycles. The van der Waals surface area contributed by atoms with Crippen molar-refractivity contribution in [2.45, 2.75) is 13.3 Å². The molecule has 2 aromatic carbocycles. The van der Waals surface area contributed by atoms with Crippen molar-refractivity contribution >= 4 is 5.91 Å². The highest BCUT2D eigenvalue weighted by molar-refractivity contribution is 5.79. The lowest BCUT2D eigenvalue weighted by molar-refractivity contribution is -0.129. The van der Waals surface area contributed by atoms with Crippen LogP contribution in [-0.4, -0.2) is 38.1 Å². The second-order valence-electron chi connectivity index (χ2n) is 5.47. The van der Waals surface area contributed by atoms with E-state index in [-0.39, 0.29) is 5.91 Å². The Morgan fingerprint density at radius 1 is 1.09 bits per heavy atom. The molecule has 0 bridgehead atoms. The van der Waals surface area contributed by atoms with Crippen LogP contribution < -0.4 is 9.47 Å². The molecule has 0 aliphatic rings. The second-order valence-corrected chi connectivity index (χ2v) is 5.47. The minimum Gasteiger partial charge on any atom is -0.496 e. The number of aryl methyl sites for hydroxylation is 1. The maximum atomic E-state index is 12.3. The van der Waals surface area contributed by atoms with Crippen molar-refractivity contribution in [3.63, 3.8) is 0 Å². The van der Waals surface area contributed by atoms with Gasteiger partial charge in [0.1, 0.15) is 18.1 Å². The van der Waals surface area contributed by atoms with Gasteiger partial charge in [-0.3, -0.25) is 4.79 Å². The highest BCUT2D eigenvalue weighted by Gasteiger charge is 2.12. The lowest BCUT2D eigenvalue weighted by Crippen LogP contribution is -2.32. The molecule has 0 heterocycles. The van der Waals surface area contributed by atoms with Gasteiger partial charge in [0, 0.05) is 12.6 Å². The Kier molecular flexibility index (Phi) is 6.03. The molecular formula is C19H23NO3. The molecule has 2 aromatic rings. The molecule has 23 heavy (non-hydrogen) atoms. The summed E-state index contributed by atoms with van der Waals surface area (Å²) >= 11 is 0. The fraction of sp³-hybridized carbons (Fsp3) is 0.316. The van der Waals surface area contributed by atoms with Crippen LogP contribution in [0.1, 0.15) is 11.1 Å². The number of benzene rings is 2. The molecule has 0 aliphatic carbocycles. The topological polar surface area (TPSA) is 38.8 Å². The van der Waals surface area contributed by atoms with Gasteiger partial charge >= 0.3 is 0 Å². The van der Waals surface area contributed by atoms with E-state index in [1.54, 1.807) is 19.1 Å². The van der Waals surface area contributed by atoms with E-state index in [4.69, 9.17) is 9.47 Å². The first-order valence-electron chi connectivity index (χ1n) is 7.65. The smallest absolute Gasteiger partial charge is 0.226 e. The summed E-state index contributed by atoms with van der Waals surface area (Å²) in [4.78, 5) is 14.0. The molecule has 0 atom stereocenters. The quantitative estimate of drug-likeness (QED) is 0.788. The third-order valence-electron chi connectivity index (χ3n) is 3.68. The molecule has 4 nitrogen and oxygen atoms in total. The van der Waals surface area contributed by atoms with Crippen LogP contribution in [0.25, 0.3) is 0 Å². The first-order valence-corrected chi connectivity index (χ1v) is 7.65. The summed E-state index contributed by atoms with van der Waals surface area (Å²) in [5, 5.41) is 0. The lowest BCUT2D eigenvalue weighted by Gasteiger charge is -2.18. The summed E-state index contributed by atoms with van der Waals surface area (Å²) in [6.45, 7) is 3.05. The summed E-state index contributed by atoms with van der Waals surface area (Å²) in [6.07, 6.45) is 0.324. The van der Waals surface area contributed by atoms with Crippen LogP contribution in [0.2, 0.25) is 0 Å². The summed E-state index contributed by atoms with van der Waals surface area (Å²) in [5.41, 5.74) is 2.09. The van der Waals surface area contributed by atoms with E-state index in [1.165, 1.54) is 5.56 Å². The van der Waals surface area contributed by atoms with E-state index in [0.717, 1.165) is 17.1 Å². The van der Waals surface area contributed by atoms with Crippen LogP contribution in [0, 0.1) is 6.92 Å². The Morgan fingerprint density at radius 3 is 2.48 bits per heavy atom. The normalized spacial score (nSPS) is 10.2. The van der Waals surface area contributed by atoms with Gasteiger partial charge in [-0.05, 0) is 25.1 Å². The van der Waals surface area contributed by atoms with Gasteiger partial charge in [0.15, 0.2) is 0 Å². The van der Waals surface area contributed by atoms with Crippen molar-refractivity contribution in [2.24, 2.45) is 0 Å². The average Bonchev–Trinajstić information content (AvgIpc) is 2.57. The predicted octanol–water partition coefficient (Wildman–Crippen LogP) is 3.08. The summed E-state index contributed by atoms with van der Waals surface area (Å²) in [5.74, 6) is 1.60. The Bertz CT molecular complexity index is 637. The van der Waals surface area contributed by atoms with Crippen molar-refractivity contribution in [2.75, 3.05) is 27.3 Å². The fourth-order valence-corrected chi connectivity index (χ4v) is 2.21. The third-order valence-corrected chi connectivity index (χ3v) is 3.68. The van der Waals surface area contributed by atoms with E-state index in [2.05, 4.69) is 0 Å². The molecule has 0 unspecified atom stereocenters. The lowest BCUT2D eigenvalue weighted by atomic mass is 10.1. The minimum atomic E-state index is 0.0435. The average molecular weight is 313 g/mol. The molecule has 0 N–H and O–H groups in total. The van der Waals surface area contributed by atoms with E-state index in [0.29, 0.717) is 19.6 Å². The number of carbonyl (C=O) groups excluding carboxylic acids is 1. The first-order chi connectivity index (χ1) is 11.1. The molecule has 0 saturated heterocycles. The number of para-hydroxylation sites is 1. The maximum absolute atomic E-state index is 12.3. The standard InChI is InChI=1S/C19H23NO3/c1-15-8-10-17(11-9-15)23-13-12-20(2)19(21)14-16-6-4-5-7-18(16)22-3/h4-11H,12-14H2,1-3H3. The van der Waals surface area contributed by atoms with Gasteiger partial charge < -0.3 is 14.4 Å². The molecule has 0 saturated carbocycles. The maximum Gasteiger partial charge on any atom is 0.226 e. The number of ether oxygens (including phenoxy) is 2. The molecule has 0 fully saturated rings. The van der Waals surface area contributed by atoms with Crippen LogP contribution >= 0.6 is 0 Å². The van der Waals surface area contributed by atoms with Crippen molar-refractivity contribution in [1.82, 2.24) is 4.90 Å². The van der Waals surface area contributed by atoms with Crippen LogP contribution in [0.3, 0.4) is 0 Å². The van der Waals surface area contributed by atoms with E-state index < -0.39 is 0 Å². The third kappa shape index (κ3) is 5.02. The number of likely N-dealkylation sites (N-methyl/N-ethyl adjacent to an activating group) is 1. The molecule has 0 spiro atoms. The highest BCUT2D eigenvalue weighted by atomic mass is 16.5. The van der Waals surface area contributed by atoms with Gasteiger partial charge in [0.2, 0.25) is 5.91 Å². The van der Waals surface area contributed by atoms with Gasteiger partial charge in [-0.15, -0.1) is 0 Å².